The molecule has 0 aromatic carbocycles. The molecule has 0 amide bonds. The van der Waals surface area contributed by atoms with Crippen LogP contribution in [0.1, 0.15) is 65.2 Å². The summed E-state index contributed by atoms with van der Waals surface area (Å²) in [6.45, 7) is 4.64. The Hall–Kier alpha value is -0.370. The quantitative estimate of drug-likeness (QED) is 0.644. The Morgan fingerprint density at radius 1 is 1.24 bits per heavy atom. The third-order valence-electron chi connectivity index (χ3n) is 7.87. The number of fused-ring (bicyclic) bond motifs is 5. The summed E-state index contributed by atoms with van der Waals surface area (Å²) >= 11 is 0. The number of aliphatic hydroxyl groups is 1. The lowest BCUT2D eigenvalue weighted by Gasteiger charge is -2.58. The number of halogens is 1. The van der Waals surface area contributed by atoms with Crippen LogP contribution in [0.5, 0.6) is 0 Å². The minimum absolute atomic E-state index is 0.0170. The summed E-state index contributed by atoms with van der Waals surface area (Å²) in [5, 5.41) is 10.7. The first-order valence-electron chi connectivity index (χ1n) is 8.97. The molecule has 0 heterocycles. The SMILES string of the molecule is C[C@]12CC[C@H]3[C@@H](CC=C4CCCC(O)[C@@]43C)[C@@H]1C[C@@H](F)C2. The molecule has 0 aromatic rings. The Morgan fingerprint density at radius 3 is 2.86 bits per heavy atom. The Bertz CT molecular complexity index is 472. The lowest BCUT2D eigenvalue weighted by molar-refractivity contribution is -0.0814. The van der Waals surface area contributed by atoms with Gasteiger partial charge in [0.25, 0.3) is 0 Å². The second-order valence-corrected chi connectivity index (χ2v) is 8.76. The average Bonchev–Trinajstić information content (AvgIpc) is 2.74. The lowest BCUT2D eigenvalue weighted by atomic mass is 9.47. The lowest BCUT2D eigenvalue weighted by Crippen LogP contribution is -2.53. The smallest absolute Gasteiger partial charge is 0.101 e. The van der Waals surface area contributed by atoms with Gasteiger partial charge in [0.15, 0.2) is 0 Å². The molecule has 0 aliphatic heterocycles. The van der Waals surface area contributed by atoms with Gasteiger partial charge in [-0.2, -0.15) is 0 Å². The van der Waals surface area contributed by atoms with Gasteiger partial charge in [0.1, 0.15) is 6.17 Å². The van der Waals surface area contributed by atoms with E-state index in [9.17, 15) is 9.50 Å². The fraction of sp³-hybridized carbons (Fsp3) is 0.895. The molecule has 7 atom stereocenters. The summed E-state index contributed by atoms with van der Waals surface area (Å²) in [7, 11) is 0. The molecule has 0 saturated heterocycles. The van der Waals surface area contributed by atoms with Crippen molar-refractivity contribution >= 4 is 0 Å². The fourth-order valence-electron chi connectivity index (χ4n) is 6.69. The van der Waals surface area contributed by atoms with Gasteiger partial charge in [-0.3, -0.25) is 0 Å². The molecule has 4 aliphatic carbocycles. The summed E-state index contributed by atoms with van der Waals surface area (Å²) in [4.78, 5) is 0. The predicted octanol–water partition coefficient (Wildman–Crippen LogP) is 4.65. The maximum atomic E-state index is 14.1. The summed E-state index contributed by atoms with van der Waals surface area (Å²) in [6.07, 6.45) is 9.94. The van der Waals surface area contributed by atoms with Crippen LogP contribution in [0.25, 0.3) is 0 Å². The molecule has 2 heteroatoms. The topological polar surface area (TPSA) is 20.2 Å². The minimum atomic E-state index is -0.590. The van der Waals surface area contributed by atoms with Crippen LogP contribution in [0.15, 0.2) is 11.6 Å². The molecule has 1 nitrogen and oxygen atoms in total. The molecule has 0 aromatic heterocycles. The number of allylic oxidation sites excluding steroid dienone is 1. The predicted molar refractivity (Wildman–Crippen MR) is 82.6 cm³/mol. The molecule has 0 radical (unpaired) electrons. The highest BCUT2D eigenvalue weighted by Gasteiger charge is 2.59. The van der Waals surface area contributed by atoms with E-state index >= 15 is 0 Å². The minimum Gasteiger partial charge on any atom is -0.392 e. The highest BCUT2D eigenvalue weighted by atomic mass is 19.1. The zero-order valence-electron chi connectivity index (χ0n) is 13.4. The summed E-state index contributed by atoms with van der Waals surface area (Å²) in [5.74, 6) is 1.72. The highest BCUT2D eigenvalue weighted by Crippen LogP contribution is 2.65. The van der Waals surface area contributed by atoms with E-state index < -0.39 is 6.17 Å². The first-order chi connectivity index (χ1) is 9.95. The van der Waals surface area contributed by atoms with Crippen molar-refractivity contribution in [2.75, 3.05) is 0 Å². The third kappa shape index (κ3) is 1.84. The third-order valence-corrected chi connectivity index (χ3v) is 7.87. The molecule has 1 unspecified atom stereocenters. The number of hydrogen-bond acceptors (Lipinski definition) is 1. The van der Waals surface area contributed by atoms with E-state index in [2.05, 4.69) is 19.9 Å². The standard InChI is InChI=1S/C19H29FO/c1-18-9-8-15-14(16(18)10-13(20)11-18)7-6-12-4-3-5-17(21)19(12,15)2/h6,13-17,21H,3-5,7-11H2,1-2H3/t13-,14-,15+,16+,17?,18-,19+/m1/s1. The van der Waals surface area contributed by atoms with Gasteiger partial charge in [-0.05, 0) is 74.5 Å². The van der Waals surface area contributed by atoms with E-state index in [0.29, 0.717) is 17.8 Å². The second-order valence-electron chi connectivity index (χ2n) is 8.76. The van der Waals surface area contributed by atoms with Gasteiger partial charge in [-0.1, -0.05) is 25.5 Å². The van der Waals surface area contributed by atoms with Gasteiger partial charge < -0.3 is 5.11 Å². The normalized spacial score (nSPS) is 56.2. The second kappa shape index (κ2) is 4.57. The van der Waals surface area contributed by atoms with Gasteiger partial charge in [0.2, 0.25) is 0 Å². The van der Waals surface area contributed by atoms with E-state index in [4.69, 9.17) is 0 Å². The Labute approximate surface area is 128 Å². The molecule has 3 fully saturated rings. The van der Waals surface area contributed by atoms with Crippen molar-refractivity contribution in [3.63, 3.8) is 0 Å². The first kappa shape index (κ1) is 14.2. The first-order valence-corrected chi connectivity index (χ1v) is 8.97. The van der Waals surface area contributed by atoms with Gasteiger partial charge in [-0.25, -0.2) is 4.39 Å². The van der Waals surface area contributed by atoms with Crippen LogP contribution in [-0.2, 0) is 0 Å². The van der Waals surface area contributed by atoms with Gasteiger partial charge in [0, 0.05) is 5.41 Å². The Balaban J connectivity index is 1.71. The monoisotopic (exact) mass is 292 g/mol. The maximum Gasteiger partial charge on any atom is 0.101 e. The molecule has 118 valence electrons. The van der Waals surface area contributed by atoms with Crippen LogP contribution in [0, 0.1) is 28.6 Å². The number of alkyl halides is 1. The Morgan fingerprint density at radius 2 is 2.05 bits per heavy atom. The van der Waals surface area contributed by atoms with Crippen molar-refractivity contribution in [1.29, 1.82) is 0 Å². The van der Waals surface area contributed by atoms with Crippen molar-refractivity contribution in [2.45, 2.75) is 77.5 Å². The van der Waals surface area contributed by atoms with Crippen molar-refractivity contribution in [1.82, 2.24) is 0 Å². The zero-order valence-corrected chi connectivity index (χ0v) is 13.4. The summed E-state index contributed by atoms with van der Waals surface area (Å²) in [6, 6.07) is 0. The van der Waals surface area contributed by atoms with E-state index in [1.165, 1.54) is 18.4 Å². The van der Waals surface area contributed by atoms with Gasteiger partial charge in [0.05, 0.1) is 6.10 Å². The molecule has 0 bridgehead atoms. The highest BCUT2D eigenvalue weighted by molar-refractivity contribution is 5.26. The van der Waals surface area contributed by atoms with E-state index in [1.807, 2.05) is 0 Å². The molecule has 0 spiro atoms. The molecule has 21 heavy (non-hydrogen) atoms. The zero-order chi connectivity index (χ0) is 14.8. The molecular weight excluding hydrogens is 263 g/mol. The van der Waals surface area contributed by atoms with Crippen LogP contribution >= 0.6 is 0 Å². The van der Waals surface area contributed by atoms with Gasteiger partial charge in [-0.15, -0.1) is 0 Å². The van der Waals surface area contributed by atoms with Crippen LogP contribution < -0.4 is 0 Å². The Kier molecular flexibility index (Phi) is 3.10. The molecule has 1 N–H and O–H groups in total. The number of rotatable bonds is 0. The van der Waals surface area contributed by atoms with Crippen LogP contribution in [0.3, 0.4) is 0 Å². The van der Waals surface area contributed by atoms with E-state index in [0.717, 1.165) is 38.5 Å². The molecule has 3 saturated carbocycles. The fourth-order valence-corrected chi connectivity index (χ4v) is 6.69. The van der Waals surface area contributed by atoms with Crippen molar-refractivity contribution in [3.05, 3.63) is 11.6 Å². The van der Waals surface area contributed by atoms with Crippen molar-refractivity contribution in [2.24, 2.45) is 28.6 Å². The average molecular weight is 292 g/mol. The van der Waals surface area contributed by atoms with Crippen molar-refractivity contribution < 1.29 is 9.50 Å². The molecule has 4 aliphatic rings. The number of aliphatic hydroxyl groups excluding tert-OH is 1. The van der Waals surface area contributed by atoms with Crippen molar-refractivity contribution in [3.8, 4) is 0 Å². The largest absolute Gasteiger partial charge is 0.392 e. The molecular formula is C19H29FO. The van der Waals surface area contributed by atoms with Gasteiger partial charge >= 0.3 is 0 Å². The van der Waals surface area contributed by atoms with E-state index in [-0.39, 0.29) is 16.9 Å². The maximum absolute atomic E-state index is 14.1. The summed E-state index contributed by atoms with van der Waals surface area (Å²) in [5.41, 5.74) is 1.72. The van der Waals surface area contributed by atoms with Crippen LogP contribution in [0.4, 0.5) is 4.39 Å². The number of hydrogen-bond donors (Lipinski definition) is 1. The van der Waals surface area contributed by atoms with Crippen LogP contribution in [-0.4, -0.2) is 17.4 Å². The molecule has 4 rings (SSSR count). The van der Waals surface area contributed by atoms with Crippen LogP contribution in [0.2, 0.25) is 0 Å². The van der Waals surface area contributed by atoms with E-state index in [1.54, 1.807) is 0 Å². The summed E-state index contributed by atoms with van der Waals surface area (Å²) < 4.78 is 14.1.